The quantitative estimate of drug-likeness (QED) is 0.857. The molecule has 0 aliphatic carbocycles. The van der Waals surface area contributed by atoms with Gasteiger partial charge in [0.05, 0.1) is 13.2 Å². The van der Waals surface area contributed by atoms with Gasteiger partial charge in [0.15, 0.2) is 0 Å². The molecule has 1 fully saturated rings. The van der Waals surface area contributed by atoms with Crippen LogP contribution in [0, 0.1) is 6.92 Å². The summed E-state index contributed by atoms with van der Waals surface area (Å²) in [6, 6.07) is 16.0. The summed E-state index contributed by atoms with van der Waals surface area (Å²) >= 11 is 0. The summed E-state index contributed by atoms with van der Waals surface area (Å²) in [5, 5.41) is 0. The first-order chi connectivity index (χ1) is 10.7. The Labute approximate surface area is 131 Å². The molecule has 1 aliphatic heterocycles. The van der Waals surface area contributed by atoms with E-state index < -0.39 is 0 Å². The molecular formula is C19H21NO2. The molecule has 1 aliphatic rings. The zero-order valence-electron chi connectivity index (χ0n) is 13.1. The molecule has 3 rings (SSSR count). The molecule has 3 heteroatoms. The Morgan fingerprint density at radius 2 is 1.77 bits per heavy atom. The minimum Gasteiger partial charge on any atom is -0.497 e. The van der Waals surface area contributed by atoms with Crippen molar-refractivity contribution in [3.05, 3.63) is 65.2 Å². The normalized spacial score (nSPS) is 17.5. The van der Waals surface area contributed by atoms with Gasteiger partial charge in [-0.15, -0.1) is 0 Å². The molecule has 22 heavy (non-hydrogen) atoms. The second-order valence-electron chi connectivity index (χ2n) is 5.80. The van der Waals surface area contributed by atoms with Crippen molar-refractivity contribution in [2.24, 2.45) is 0 Å². The van der Waals surface area contributed by atoms with E-state index in [2.05, 4.69) is 12.1 Å². The van der Waals surface area contributed by atoms with E-state index in [1.54, 1.807) is 7.11 Å². The number of rotatable bonds is 3. The van der Waals surface area contributed by atoms with Crippen LogP contribution in [-0.4, -0.2) is 24.5 Å². The molecule has 0 spiro atoms. The first kappa shape index (κ1) is 14.6. The average molecular weight is 295 g/mol. The lowest BCUT2D eigenvalue weighted by Gasteiger charge is -2.25. The van der Waals surface area contributed by atoms with Crippen LogP contribution in [0.3, 0.4) is 0 Å². The molecule has 0 radical (unpaired) electrons. The van der Waals surface area contributed by atoms with Crippen LogP contribution >= 0.6 is 0 Å². The van der Waals surface area contributed by atoms with E-state index in [4.69, 9.17) is 4.74 Å². The molecule has 2 aromatic carbocycles. The van der Waals surface area contributed by atoms with Gasteiger partial charge < -0.3 is 9.64 Å². The Hall–Kier alpha value is -2.29. The fraction of sp³-hybridized carbons (Fsp3) is 0.316. The van der Waals surface area contributed by atoms with Gasteiger partial charge in [-0.2, -0.15) is 0 Å². The summed E-state index contributed by atoms with van der Waals surface area (Å²) in [4.78, 5) is 14.8. The highest BCUT2D eigenvalue weighted by molar-refractivity contribution is 5.94. The summed E-state index contributed by atoms with van der Waals surface area (Å²) in [7, 11) is 1.66. The average Bonchev–Trinajstić information content (AvgIpc) is 3.04. The molecule has 1 saturated heterocycles. The second kappa shape index (κ2) is 6.22. The molecule has 1 unspecified atom stereocenters. The van der Waals surface area contributed by atoms with Crippen LogP contribution in [0.15, 0.2) is 48.5 Å². The smallest absolute Gasteiger partial charge is 0.254 e. The first-order valence-corrected chi connectivity index (χ1v) is 7.70. The van der Waals surface area contributed by atoms with Crippen molar-refractivity contribution in [3.63, 3.8) is 0 Å². The summed E-state index contributed by atoms with van der Waals surface area (Å²) in [5.41, 5.74) is 3.12. The fourth-order valence-corrected chi connectivity index (χ4v) is 3.04. The van der Waals surface area contributed by atoms with Gasteiger partial charge in [-0.1, -0.05) is 29.8 Å². The van der Waals surface area contributed by atoms with Gasteiger partial charge >= 0.3 is 0 Å². The number of amides is 1. The zero-order chi connectivity index (χ0) is 15.5. The molecule has 1 amide bonds. The van der Waals surface area contributed by atoms with Gasteiger partial charge in [0.1, 0.15) is 5.75 Å². The number of hydrogen-bond acceptors (Lipinski definition) is 2. The molecule has 2 aromatic rings. The Balaban J connectivity index is 1.82. The predicted octanol–water partition coefficient (Wildman–Crippen LogP) is 3.98. The summed E-state index contributed by atoms with van der Waals surface area (Å²) in [6.07, 6.45) is 2.07. The molecule has 0 saturated carbocycles. The van der Waals surface area contributed by atoms with Gasteiger partial charge in [-0.05, 0) is 49.6 Å². The molecule has 0 N–H and O–H groups in total. The number of methoxy groups -OCH3 is 1. The Morgan fingerprint density at radius 1 is 1.09 bits per heavy atom. The maximum atomic E-state index is 12.8. The van der Waals surface area contributed by atoms with Crippen molar-refractivity contribution in [3.8, 4) is 5.75 Å². The van der Waals surface area contributed by atoms with Crippen LogP contribution in [0.2, 0.25) is 0 Å². The van der Waals surface area contributed by atoms with Gasteiger partial charge in [0.25, 0.3) is 5.91 Å². The molecule has 114 valence electrons. The van der Waals surface area contributed by atoms with Gasteiger partial charge in [-0.25, -0.2) is 0 Å². The highest BCUT2D eigenvalue weighted by Gasteiger charge is 2.30. The van der Waals surface area contributed by atoms with E-state index in [1.807, 2.05) is 48.2 Å². The van der Waals surface area contributed by atoms with E-state index in [1.165, 1.54) is 11.1 Å². The number of hydrogen-bond donors (Lipinski definition) is 0. The Kier molecular flexibility index (Phi) is 4.14. The largest absolute Gasteiger partial charge is 0.497 e. The standard InChI is InChI=1S/C19H21NO2/c1-14-5-7-16(8-6-14)19(21)20-13-3-4-18(20)15-9-11-17(22-2)12-10-15/h5-12,18H,3-4,13H2,1-2H3. The highest BCUT2D eigenvalue weighted by atomic mass is 16.5. The van der Waals surface area contributed by atoms with Crippen molar-refractivity contribution >= 4 is 5.91 Å². The predicted molar refractivity (Wildman–Crippen MR) is 87.2 cm³/mol. The van der Waals surface area contributed by atoms with Crippen LogP contribution in [0.1, 0.15) is 40.4 Å². The van der Waals surface area contributed by atoms with Crippen LogP contribution in [0.25, 0.3) is 0 Å². The summed E-state index contributed by atoms with van der Waals surface area (Å²) in [5.74, 6) is 0.969. The zero-order valence-corrected chi connectivity index (χ0v) is 13.1. The number of aryl methyl sites for hydroxylation is 1. The second-order valence-corrected chi connectivity index (χ2v) is 5.80. The number of benzene rings is 2. The minimum atomic E-state index is 0.123. The molecular weight excluding hydrogens is 274 g/mol. The van der Waals surface area contributed by atoms with Crippen molar-refractivity contribution in [1.29, 1.82) is 0 Å². The monoisotopic (exact) mass is 295 g/mol. The van der Waals surface area contributed by atoms with E-state index in [0.717, 1.165) is 30.7 Å². The number of carbonyl (C=O) groups is 1. The van der Waals surface area contributed by atoms with E-state index in [9.17, 15) is 4.79 Å². The van der Waals surface area contributed by atoms with Crippen molar-refractivity contribution in [2.75, 3.05) is 13.7 Å². The molecule has 1 heterocycles. The van der Waals surface area contributed by atoms with E-state index >= 15 is 0 Å². The number of carbonyl (C=O) groups excluding carboxylic acids is 1. The third-order valence-electron chi connectivity index (χ3n) is 4.31. The van der Waals surface area contributed by atoms with E-state index in [0.29, 0.717) is 0 Å². The lowest BCUT2D eigenvalue weighted by molar-refractivity contribution is 0.0735. The van der Waals surface area contributed by atoms with E-state index in [-0.39, 0.29) is 11.9 Å². The van der Waals surface area contributed by atoms with Crippen LogP contribution < -0.4 is 4.74 Å². The Morgan fingerprint density at radius 3 is 2.41 bits per heavy atom. The minimum absolute atomic E-state index is 0.123. The summed E-state index contributed by atoms with van der Waals surface area (Å²) < 4.78 is 5.21. The van der Waals surface area contributed by atoms with Gasteiger partial charge in [-0.3, -0.25) is 4.79 Å². The van der Waals surface area contributed by atoms with Crippen LogP contribution in [0.4, 0.5) is 0 Å². The summed E-state index contributed by atoms with van der Waals surface area (Å²) in [6.45, 7) is 2.85. The van der Waals surface area contributed by atoms with Crippen molar-refractivity contribution < 1.29 is 9.53 Å². The number of nitrogens with zero attached hydrogens (tertiary/aromatic N) is 1. The number of ether oxygens (including phenoxy) is 1. The maximum absolute atomic E-state index is 12.8. The molecule has 3 nitrogen and oxygen atoms in total. The lowest BCUT2D eigenvalue weighted by Crippen LogP contribution is -2.30. The third-order valence-corrected chi connectivity index (χ3v) is 4.31. The lowest BCUT2D eigenvalue weighted by atomic mass is 10.0. The molecule has 0 bridgehead atoms. The highest BCUT2D eigenvalue weighted by Crippen LogP contribution is 2.33. The van der Waals surface area contributed by atoms with Crippen molar-refractivity contribution in [1.82, 2.24) is 4.90 Å². The third kappa shape index (κ3) is 2.84. The first-order valence-electron chi connectivity index (χ1n) is 7.70. The molecule has 1 atom stereocenters. The van der Waals surface area contributed by atoms with Gasteiger partial charge in [0, 0.05) is 12.1 Å². The number of likely N-dealkylation sites (tertiary alicyclic amines) is 1. The van der Waals surface area contributed by atoms with Crippen LogP contribution in [-0.2, 0) is 0 Å². The SMILES string of the molecule is COc1ccc(C2CCCN2C(=O)c2ccc(C)cc2)cc1. The van der Waals surface area contributed by atoms with Gasteiger partial charge in [0.2, 0.25) is 0 Å². The Bertz CT molecular complexity index is 646. The maximum Gasteiger partial charge on any atom is 0.254 e. The van der Waals surface area contributed by atoms with Crippen molar-refractivity contribution in [2.45, 2.75) is 25.8 Å². The molecule has 0 aromatic heterocycles. The van der Waals surface area contributed by atoms with Crippen LogP contribution in [0.5, 0.6) is 5.75 Å². The fourth-order valence-electron chi connectivity index (χ4n) is 3.04. The topological polar surface area (TPSA) is 29.5 Å².